The van der Waals surface area contributed by atoms with Crippen molar-refractivity contribution in [1.82, 2.24) is 0 Å². The van der Waals surface area contributed by atoms with E-state index >= 15 is 0 Å². The number of fused-ring (bicyclic) bond motifs is 1. The molecule has 0 aromatic heterocycles. The summed E-state index contributed by atoms with van der Waals surface area (Å²) in [5.41, 5.74) is 1.69. The van der Waals surface area contributed by atoms with E-state index in [9.17, 15) is 10.1 Å². The van der Waals surface area contributed by atoms with Crippen LogP contribution in [0.5, 0.6) is 17.2 Å². The van der Waals surface area contributed by atoms with Gasteiger partial charge in [0.15, 0.2) is 11.5 Å². The predicted octanol–water partition coefficient (Wildman–Crippen LogP) is 3.61. The Kier molecular flexibility index (Phi) is 4.55. The molecule has 0 bridgehead atoms. The van der Waals surface area contributed by atoms with Crippen LogP contribution in [0.1, 0.15) is 30.9 Å². The van der Waals surface area contributed by atoms with E-state index in [0.29, 0.717) is 18.1 Å². The van der Waals surface area contributed by atoms with Crippen LogP contribution in [-0.2, 0) is 0 Å². The first kappa shape index (κ1) is 16.1. The zero-order valence-corrected chi connectivity index (χ0v) is 13.6. The van der Waals surface area contributed by atoms with Gasteiger partial charge >= 0.3 is 0 Å². The summed E-state index contributed by atoms with van der Waals surface area (Å²) < 4.78 is 16.2. The van der Waals surface area contributed by atoms with Gasteiger partial charge < -0.3 is 14.2 Å². The van der Waals surface area contributed by atoms with Gasteiger partial charge in [0.25, 0.3) is 0 Å². The van der Waals surface area contributed by atoms with E-state index in [1.54, 1.807) is 13.0 Å². The second-order valence-corrected chi connectivity index (χ2v) is 5.62. The average Bonchev–Trinajstić information content (AvgIpc) is 3.04. The minimum atomic E-state index is -0.775. The molecule has 2 atom stereocenters. The van der Waals surface area contributed by atoms with Crippen molar-refractivity contribution in [3.05, 3.63) is 63.7 Å². The molecular weight excluding hydrogens is 310 g/mol. The highest BCUT2D eigenvalue weighted by Crippen LogP contribution is 2.38. The van der Waals surface area contributed by atoms with Crippen molar-refractivity contribution in [2.24, 2.45) is 0 Å². The second-order valence-electron chi connectivity index (χ2n) is 5.62. The Morgan fingerprint density at radius 2 is 1.79 bits per heavy atom. The Hall–Kier alpha value is -2.76. The highest BCUT2D eigenvalue weighted by Gasteiger charge is 2.31. The Morgan fingerprint density at radius 1 is 1.12 bits per heavy atom. The molecule has 0 fully saturated rings. The van der Waals surface area contributed by atoms with Crippen molar-refractivity contribution in [3.63, 3.8) is 0 Å². The van der Waals surface area contributed by atoms with Crippen LogP contribution < -0.4 is 14.2 Å². The monoisotopic (exact) mass is 329 g/mol. The quantitative estimate of drug-likeness (QED) is 0.598. The first-order valence-electron chi connectivity index (χ1n) is 7.86. The first-order valence-corrected chi connectivity index (χ1v) is 7.86. The molecule has 126 valence electrons. The molecule has 0 aliphatic carbocycles. The van der Waals surface area contributed by atoms with Gasteiger partial charge in [-0.3, -0.25) is 10.1 Å². The number of ether oxygens (including phenoxy) is 3. The first-order chi connectivity index (χ1) is 11.6. The van der Waals surface area contributed by atoms with Crippen LogP contribution in [0.4, 0.5) is 0 Å². The molecule has 0 spiro atoms. The summed E-state index contributed by atoms with van der Waals surface area (Å²) >= 11 is 0. The SMILES string of the molecule is CCOc1ccc(C(c2ccc3c(c2)OCO3)C(C)[N+](=O)[O-])cc1. The second kappa shape index (κ2) is 6.78. The van der Waals surface area contributed by atoms with Gasteiger partial charge in [-0.25, -0.2) is 0 Å². The molecule has 0 saturated heterocycles. The molecule has 6 nitrogen and oxygen atoms in total. The normalized spacial score (nSPS) is 14.9. The van der Waals surface area contributed by atoms with Crippen LogP contribution >= 0.6 is 0 Å². The van der Waals surface area contributed by atoms with Crippen molar-refractivity contribution in [1.29, 1.82) is 0 Å². The maximum Gasteiger partial charge on any atom is 0.231 e. The smallest absolute Gasteiger partial charge is 0.231 e. The molecule has 0 N–H and O–H groups in total. The lowest BCUT2D eigenvalue weighted by Crippen LogP contribution is -2.25. The summed E-state index contributed by atoms with van der Waals surface area (Å²) in [5, 5.41) is 11.4. The van der Waals surface area contributed by atoms with Gasteiger partial charge in [-0.05, 0) is 42.3 Å². The lowest BCUT2D eigenvalue weighted by molar-refractivity contribution is -0.520. The van der Waals surface area contributed by atoms with Crippen molar-refractivity contribution in [3.8, 4) is 17.2 Å². The third-order valence-electron chi connectivity index (χ3n) is 4.12. The van der Waals surface area contributed by atoms with E-state index in [4.69, 9.17) is 14.2 Å². The average molecular weight is 329 g/mol. The molecule has 0 radical (unpaired) electrons. The highest BCUT2D eigenvalue weighted by atomic mass is 16.7. The molecule has 1 heterocycles. The summed E-state index contributed by atoms with van der Waals surface area (Å²) in [7, 11) is 0. The van der Waals surface area contributed by atoms with Gasteiger partial charge in [-0.15, -0.1) is 0 Å². The van der Waals surface area contributed by atoms with Crippen LogP contribution in [0.15, 0.2) is 42.5 Å². The summed E-state index contributed by atoms with van der Waals surface area (Å²) in [4.78, 5) is 11.2. The van der Waals surface area contributed by atoms with Crippen LogP contribution in [0.2, 0.25) is 0 Å². The fraction of sp³-hybridized carbons (Fsp3) is 0.333. The number of rotatable bonds is 6. The van der Waals surface area contributed by atoms with E-state index in [-0.39, 0.29) is 17.6 Å². The fourth-order valence-corrected chi connectivity index (χ4v) is 2.92. The molecule has 24 heavy (non-hydrogen) atoms. The fourth-order valence-electron chi connectivity index (χ4n) is 2.92. The number of benzene rings is 2. The summed E-state index contributed by atoms with van der Waals surface area (Å²) in [6.07, 6.45) is 0. The van der Waals surface area contributed by atoms with Gasteiger partial charge in [-0.2, -0.15) is 0 Å². The molecular formula is C18H19NO5. The molecule has 0 saturated carbocycles. The minimum Gasteiger partial charge on any atom is -0.494 e. The lowest BCUT2D eigenvalue weighted by atomic mass is 9.86. The highest BCUT2D eigenvalue weighted by molar-refractivity contribution is 5.48. The van der Waals surface area contributed by atoms with Crippen LogP contribution in [0.25, 0.3) is 0 Å². The standard InChI is InChI=1S/C18H19NO5/c1-3-22-15-7-4-13(5-8-15)18(12(2)19(20)21)14-6-9-16-17(10-14)24-11-23-16/h4-10,12,18H,3,11H2,1-2H3. The molecule has 0 amide bonds. The maximum absolute atomic E-state index is 11.4. The third-order valence-corrected chi connectivity index (χ3v) is 4.12. The minimum absolute atomic E-state index is 0.178. The zero-order valence-electron chi connectivity index (χ0n) is 13.6. The number of hydrogen-bond acceptors (Lipinski definition) is 5. The van der Waals surface area contributed by atoms with Crippen LogP contribution in [0.3, 0.4) is 0 Å². The van der Waals surface area contributed by atoms with Crippen molar-refractivity contribution in [2.75, 3.05) is 13.4 Å². The van der Waals surface area contributed by atoms with Crippen LogP contribution in [-0.4, -0.2) is 24.4 Å². The van der Waals surface area contributed by atoms with Gasteiger partial charge in [0.1, 0.15) is 5.75 Å². The van der Waals surface area contributed by atoms with Gasteiger partial charge in [0.2, 0.25) is 12.8 Å². The largest absolute Gasteiger partial charge is 0.494 e. The summed E-state index contributed by atoms with van der Waals surface area (Å²) in [5.74, 6) is 1.65. The Bertz CT molecular complexity index is 729. The molecule has 2 aromatic rings. The van der Waals surface area contributed by atoms with Gasteiger partial charge in [0, 0.05) is 11.8 Å². The zero-order chi connectivity index (χ0) is 17.1. The van der Waals surface area contributed by atoms with Crippen molar-refractivity contribution in [2.45, 2.75) is 25.8 Å². The van der Waals surface area contributed by atoms with Crippen molar-refractivity contribution < 1.29 is 19.1 Å². The Balaban J connectivity index is 1.98. The molecule has 1 aliphatic rings. The van der Waals surface area contributed by atoms with E-state index < -0.39 is 6.04 Å². The van der Waals surface area contributed by atoms with E-state index in [2.05, 4.69) is 0 Å². The van der Waals surface area contributed by atoms with Crippen molar-refractivity contribution >= 4 is 0 Å². The molecule has 3 rings (SSSR count). The maximum atomic E-state index is 11.4. The Labute approximate surface area is 140 Å². The predicted molar refractivity (Wildman–Crippen MR) is 88.5 cm³/mol. The van der Waals surface area contributed by atoms with E-state index in [0.717, 1.165) is 16.9 Å². The van der Waals surface area contributed by atoms with E-state index in [1.807, 2.05) is 43.3 Å². The van der Waals surface area contributed by atoms with E-state index in [1.165, 1.54) is 0 Å². The third kappa shape index (κ3) is 3.13. The summed E-state index contributed by atoms with van der Waals surface area (Å²) in [6.45, 7) is 4.29. The molecule has 2 aromatic carbocycles. The molecule has 6 heteroatoms. The number of nitrogens with zero attached hydrogens (tertiary/aromatic N) is 1. The van der Waals surface area contributed by atoms with Gasteiger partial charge in [0.05, 0.1) is 12.5 Å². The lowest BCUT2D eigenvalue weighted by Gasteiger charge is -2.20. The summed E-state index contributed by atoms with van der Waals surface area (Å²) in [6, 6.07) is 12.1. The van der Waals surface area contributed by atoms with Gasteiger partial charge in [-0.1, -0.05) is 18.2 Å². The number of hydrogen-bond donors (Lipinski definition) is 0. The topological polar surface area (TPSA) is 70.8 Å². The van der Waals surface area contributed by atoms with Crippen LogP contribution in [0, 0.1) is 10.1 Å². The number of nitro groups is 1. The molecule has 2 unspecified atom stereocenters. The molecule has 1 aliphatic heterocycles. The Morgan fingerprint density at radius 3 is 2.46 bits per heavy atom.